The number of guanidine groups is 1. The fourth-order valence-electron chi connectivity index (χ4n) is 3.95. The van der Waals surface area contributed by atoms with Crippen LogP contribution in [0.1, 0.15) is 36.0 Å². The van der Waals surface area contributed by atoms with Crippen LogP contribution in [-0.4, -0.2) is 52.3 Å². The summed E-state index contributed by atoms with van der Waals surface area (Å²) in [6.45, 7) is 4.72. The van der Waals surface area contributed by atoms with Crippen molar-refractivity contribution >= 4 is 29.9 Å². The first-order valence-electron chi connectivity index (χ1n) is 11.2. The van der Waals surface area contributed by atoms with Crippen LogP contribution < -0.4 is 24.8 Å². The topological polar surface area (TPSA) is 67.4 Å². The van der Waals surface area contributed by atoms with E-state index in [0.29, 0.717) is 24.6 Å². The van der Waals surface area contributed by atoms with Crippen LogP contribution in [0.4, 0.5) is 0 Å². The second-order valence-electron chi connectivity index (χ2n) is 7.95. The maximum atomic E-state index is 5.51. The Hall–Kier alpha value is -2.20. The Morgan fingerprint density at radius 3 is 2.00 bits per heavy atom. The highest BCUT2D eigenvalue weighted by molar-refractivity contribution is 14.0. The van der Waals surface area contributed by atoms with Gasteiger partial charge in [-0.05, 0) is 43.1 Å². The molecule has 0 spiro atoms. The van der Waals surface area contributed by atoms with Gasteiger partial charge < -0.3 is 24.8 Å². The molecule has 8 heteroatoms. The summed E-state index contributed by atoms with van der Waals surface area (Å²) in [5.41, 5.74) is 3.55. The zero-order valence-electron chi connectivity index (χ0n) is 20.1. The molecule has 1 aliphatic rings. The van der Waals surface area contributed by atoms with E-state index < -0.39 is 0 Å². The zero-order valence-corrected chi connectivity index (χ0v) is 22.5. The van der Waals surface area contributed by atoms with Gasteiger partial charge in [0.05, 0.1) is 21.3 Å². The standard InChI is InChI=1S/C25H36N4O3.HI/c1-26-25(28-17-21-14-23(31-3)24(32-4)15-22(21)30-2)27-16-19-8-10-20(11-9-19)18-29-12-6-5-7-13-29;/h8-11,14-15H,5-7,12-13,16-18H2,1-4H3,(H2,26,27,28);1H. The third-order valence-corrected chi connectivity index (χ3v) is 5.79. The highest BCUT2D eigenvalue weighted by Gasteiger charge is 2.13. The zero-order chi connectivity index (χ0) is 22.8. The minimum absolute atomic E-state index is 0. The molecule has 2 aromatic rings. The quantitative estimate of drug-likeness (QED) is 0.269. The summed E-state index contributed by atoms with van der Waals surface area (Å²) < 4.78 is 16.3. The third-order valence-electron chi connectivity index (χ3n) is 5.79. The lowest BCUT2D eigenvalue weighted by Gasteiger charge is -2.26. The van der Waals surface area contributed by atoms with Gasteiger partial charge in [0.25, 0.3) is 0 Å². The molecule has 1 saturated heterocycles. The van der Waals surface area contributed by atoms with Crippen LogP contribution in [0.5, 0.6) is 17.2 Å². The van der Waals surface area contributed by atoms with Gasteiger partial charge in [0.2, 0.25) is 0 Å². The van der Waals surface area contributed by atoms with Crippen LogP contribution in [0.15, 0.2) is 41.4 Å². The average Bonchev–Trinajstić information content (AvgIpc) is 2.85. The van der Waals surface area contributed by atoms with Gasteiger partial charge in [-0.25, -0.2) is 0 Å². The fraction of sp³-hybridized carbons (Fsp3) is 0.480. The molecule has 1 fully saturated rings. The molecule has 182 valence electrons. The predicted molar refractivity (Wildman–Crippen MR) is 144 cm³/mol. The Balaban J connectivity index is 0.00000385. The number of benzene rings is 2. The Morgan fingerprint density at radius 1 is 0.818 bits per heavy atom. The summed E-state index contributed by atoms with van der Waals surface area (Å²) in [5.74, 6) is 2.76. The summed E-state index contributed by atoms with van der Waals surface area (Å²) in [6, 6.07) is 12.6. The molecule has 2 N–H and O–H groups in total. The van der Waals surface area contributed by atoms with Gasteiger partial charge in [-0.3, -0.25) is 9.89 Å². The second-order valence-corrected chi connectivity index (χ2v) is 7.95. The minimum atomic E-state index is 0. The van der Waals surface area contributed by atoms with Crippen LogP contribution in [0.25, 0.3) is 0 Å². The van der Waals surface area contributed by atoms with Gasteiger partial charge in [-0.1, -0.05) is 30.7 Å². The van der Waals surface area contributed by atoms with Gasteiger partial charge >= 0.3 is 0 Å². The van der Waals surface area contributed by atoms with Crippen molar-refractivity contribution in [2.24, 2.45) is 4.99 Å². The molecule has 0 amide bonds. The summed E-state index contributed by atoms with van der Waals surface area (Å²) in [7, 11) is 6.65. The fourth-order valence-corrected chi connectivity index (χ4v) is 3.95. The SMILES string of the molecule is CN=C(NCc1ccc(CN2CCCCC2)cc1)NCc1cc(OC)c(OC)cc1OC.I. The molecular weight excluding hydrogens is 531 g/mol. The van der Waals surface area contributed by atoms with Crippen LogP contribution in [0.2, 0.25) is 0 Å². The van der Waals surface area contributed by atoms with E-state index in [1.165, 1.54) is 43.5 Å². The molecule has 0 atom stereocenters. The Labute approximate surface area is 214 Å². The van der Waals surface area contributed by atoms with Crippen molar-refractivity contribution in [3.63, 3.8) is 0 Å². The number of piperidine rings is 1. The number of hydrogen-bond acceptors (Lipinski definition) is 5. The van der Waals surface area contributed by atoms with E-state index in [9.17, 15) is 0 Å². The first kappa shape index (κ1) is 27.0. The van der Waals surface area contributed by atoms with E-state index in [1.54, 1.807) is 28.4 Å². The lowest BCUT2D eigenvalue weighted by molar-refractivity contribution is 0.221. The molecule has 0 saturated carbocycles. The summed E-state index contributed by atoms with van der Waals surface area (Å²) in [6.07, 6.45) is 4.02. The van der Waals surface area contributed by atoms with Gasteiger partial charge in [0.1, 0.15) is 5.75 Å². The van der Waals surface area contributed by atoms with E-state index in [2.05, 4.69) is 44.8 Å². The second kappa shape index (κ2) is 14.1. The van der Waals surface area contributed by atoms with Gasteiger partial charge in [-0.2, -0.15) is 0 Å². The van der Waals surface area contributed by atoms with Crippen LogP contribution in [0, 0.1) is 0 Å². The molecule has 7 nitrogen and oxygen atoms in total. The van der Waals surface area contributed by atoms with Crippen molar-refractivity contribution < 1.29 is 14.2 Å². The number of nitrogens with one attached hydrogen (secondary N) is 2. The van der Waals surface area contributed by atoms with Crippen molar-refractivity contribution in [2.75, 3.05) is 41.5 Å². The maximum Gasteiger partial charge on any atom is 0.191 e. The maximum absolute atomic E-state index is 5.51. The largest absolute Gasteiger partial charge is 0.496 e. The molecule has 1 heterocycles. The van der Waals surface area contributed by atoms with E-state index >= 15 is 0 Å². The van der Waals surface area contributed by atoms with Crippen LogP contribution in [-0.2, 0) is 19.6 Å². The Morgan fingerprint density at radius 2 is 1.39 bits per heavy atom. The Kier molecular flexibility index (Phi) is 11.6. The van der Waals surface area contributed by atoms with Gasteiger partial charge in [-0.15, -0.1) is 24.0 Å². The normalized spacial score (nSPS) is 14.2. The molecule has 0 unspecified atom stereocenters. The number of ether oxygens (including phenoxy) is 3. The minimum Gasteiger partial charge on any atom is -0.496 e. The molecule has 1 aliphatic heterocycles. The van der Waals surface area contributed by atoms with E-state index in [-0.39, 0.29) is 24.0 Å². The van der Waals surface area contributed by atoms with Crippen molar-refractivity contribution in [3.8, 4) is 17.2 Å². The van der Waals surface area contributed by atoms with Crippen molar-refractivity contribution in [3.05, 3.63) is 53.1 Å². The van der Waals surface area contributed by atoms with Crippen molar-refractivity contribution in [2.45, 2.75) is 38.9 Å². The number of aliphatic imine (C=N–C) groups is 1. The van der Waals surface area contributed by atoms with Crippen LogP contribution in [0.3, 0.4) is 0 Å². The summed E-state index contributed by atoms with van der Waals surface area (Å²) >= 11 is 0. The van der Waals surface area contributed by atoms with Crippen LogP contribution >= 0.6 is 24.0 Å². The predicted octanol–water partition coefficient (Wildman–Crippen LogP) is 4.18. The van der Waals surface area contributed by atoms with Crippen molar-refractivity contribution in [1.82, 2.24) is 15.5 Å². The Bertz CT molecular complexity index is 884. The molecule has 3 rings (SSSR count). The number of hydrogen-bond donors (Lipinski definition) is 2. The monoisotopic (exact) mass is 568 g/mol. The molecule has 33 heavy (non-hydrogen) atoms. The number of rotatable bonds is 9. The van der Waals surface area contributed by atoms with E-state index in [1.807, 2.05) is 12.1 Å². The molecule has 0 aromatic heterocycles. The number of methoxy groups -OCH3 is 3. The van der Waals surface area contributed by atoms with E-state index in [4.69, 9.17) is 14.2 Å². The molecule has 2 aromatic carbocycles. The molecule has 0 bridgehead atoms. The highest BCUT2D eigenvalue weighted by atomic mass is 127. The molecular formula is C25H37IN4O3. The lowest BCUT2D eigenvalue weighted by Crippen LogP contribution is -2.36. The first-order valence-corrected chi connectivity index (χ1v) is 11.2. The lowest BCUT2D eigenvalue weighted by atomic mass is 10.1. The smallest absolute Gasteiger partial charge is 0.191 e. The van der Waals surface area contributed by atoms with E-state index in [0.717, 1.165) is 23.8 Å². The van der Waals surface area contributed by atoms with Gasteiger partial charge in [0.15, 0.2) is 17.5 Å². The first-order chi connectivity index (χ1) is 15.7. The average molecular weight is 569 g/mol. The van der Waals surface area contributed by atoms with Crippen molar-refractivity contribution in [1.29, 1.82) is 0 Å². The summed E-state index contributed by atoms with van der Waals surface area (Å²) in [5, 5.41) is 6.72. The number of halogens is 1. The third kappa shape index (κ3) is 7.96. The highest BCUT2D eigenvalue weighted by Crippen LogP contribution is 2.34. The molecule has 0 radical (unpaired) electrons. The molecule has 0 aliphatic carbocycles. The number of likely N-dealkylation sites (tertiary alicyclic amines) is 1. The van der Waals surface area contributed by atoms with Gasteiger partial charge in [0, 0.05) is 38.3 Å². The number of nitrogens with zero attached hydrogens (tertiary/aromatic N) is 2. The summed E-state index contributed by atoms with van der Waals surface area (Å²) in [4.78, 5) is 6.88.